The van der Waals surface area contributed by atoms with E-state index >= 15 is 0 Å². The summed E-state index contributed by atoms with van der Waals surface area (Å²) < 4.78 is 4.99. The van der Waals surface area contributed by atoms with E-state index in [0.717, 1.165) is 38.3 Å². The fourth-order valence-corrected chi connectivity index (χ4v) is 3.11. The number of piperazine rings is 1. The third kappa shape index (κ3) is 4.73. The zero-order chi connectivity index (χ0) is 18.2. The molecule has 6 nitrogen and oxygen atoms in total. The number of carbonyl (C=O) groups is 1. The molecule has 0 atom stereocenters. The summed E-state index contributed by atoms with van der Waals surface area (Å²) in [5, 5.41) is 2.91. The summed E-state index contributed by atoms with van der Waals surface area (Å²) in [5.41, 5.74) is 2.86. The Balaban J connectivity index is 1.56. The zero-order valence-electron chi connectivity index (χ0n) is 15.2. The molecule has 1 aliphatic rings. The summed E-state index contributed by atoms with van der Waals surface area (Å²) in [4.78, 5) is 21.2. The lowest BCUT2D eigenvalue weighted by molar-refractivity contribution is 0.0948. The Morgan fingerprint density at radius 3 is 2.46 bits per heavy atom. The van der Waals surface area contributed by atoms with Gasteiger partial charge in [-0.15, -0.1) is 0 Å². The summed E-state index contributed by atoms with van der Waals surface area (Å²) in [6.45, 7) is 4.98. The molecule has 1 amide bonds. The van der Waals surface area contributed by atoms with E-state index in [2.05, 4.69) is 44.4 Å². The summed E-state index contributed by atoms with van der Waals surface area (Å²) in [5.74, 6) is -0.0848. The Labute approximate surface area is 154 Å². The third-order valence-electron chi connectivity index (χ3n) is 4.56. The molecule has 0 saturated carbocycles. The minimum atomic E-state index is -0.0848. The molecule has 26 heavy (non-hydrogen) atoms. The lowest BCUT2D eigenvalue weighted by atomic mass is 10.2. The first kappa shape index (κ1) is 18.2. The molecule has 3 rings (SSSR count). The quantitative estimate of drug-likeness (QED) is 0.773. The van der Waals surface area contributed by atoms with Crippen molar-refractivity contribution < 1.29 is 9.53 Å². The van der Waals surface area contributed by atoms with E-state index in [9.17, 15) is 4.79 Å². The van der Waals surface area contributed by atoms with Gasteiger partial charge in [0.15, 0.2) is 0 Å². The molecular weight excluding hydrogens is 328 g/mol. The Bertz CT molecular complexity index is 700. The number of aromatic nitrogens is 1. The molecule has 0 spiro atoms. The van der Waals surface area contributed by atoms with Crippen molar-refractivity contribution in [3.63, 3.8) is 0 Å². The van der Waals surface area contributed by atoms with Crippen molar-refractivity contribution in [2.24, 2.45) is 0 Å². The first-order valence-corrected chi connectivity index (χ1v) is 9.05. The number of nitrogens with one attached hydrogen (secondary N) is 1. The summed E-state index contributed by atoms with van der Waals surface area (Å²) >= 11 is 0. The van der Waals surface area contributed by atoms with Crippen LogP contribution in [0.5, 0.6) is 0 Å². The first-order valence-electron chi connectivity index (χ1n) is 9.05. The van der Waals surface area contributed by atoms with Gasteiger partial charge in [-0.1, -0.05) is 18.2 Å². The van der Waals surface area contributed by atoms with E-state index in [1.165, 1.54) is 5.69 Å². The number of amides is 1. The van der Waals surface area contributed by atoms with Crippen molar-refractivity contribution in [2.75, 3.05) is 56.2 Å². The number of nitrogens with zero attached hydrogens (tertiary/aromatic N) is 3. The van der Waals surface area contributed by atoms with Crippen molar-refractivity contribution in [1.29, 1.82) is 0 Å². The van der Waals surface area contributed by atoms with E-state index in [1.54, 1.807) is 13.3 Å². The van der Waals surface area contributed by atoms with Crippen LogP contribution in [0.15, 0.2) is 48.8 Å². The van der Waals surface area contributed by atoms with Gasteiger partial charge in [-0.3, -0.25) is 9.78 Å². The lowest BCUT2D eigenvalue weighted by Gasteiger charge is -2.37. The number of ether oxygens (including phenoxy) is 1. The molecule has 2 aromatic rings. The third-order valence-corrected chi connectivity index (χ3v) is 4.56. The average Bonchev–Trinajstić information content (AvgIpc) is 2.72. The molecule has 0 radical (unpaired) electrons. The second kappa shape index (κ2) is 9.20. The van der Waals surface area contributed by atoms with Gasteiger partial charge in [-0.25, -0.2) is 0 Å². The average molecular weight is 354 g/mol. The predicted molar refractivity (Wildman–Crippen MR) is 104 cm³/mol. The molecule has 138 valence electrons. The van der Waals surface area contributed by atoms with Gasteiger partial charge in [0, 0.05) is 58.3 Å². The molecule has 6 heteroatoms. The maximum absolute atomic E-state index is 12.3. The van der Waals surface area contributed by atoms with Gasteiger partial charge in [0.1, 0.15) is 0 Å². The van der Waals surface area contributed by atoms with Crippen molar-refractivity contribution in [2.45, 2.75) is 6.42 Å². The lowest BCUT2D eigenvalue weighted by Crippen LogP contribution is -2.46. The molecule has 1 N–H and O–H groups in total. The highest BCUT2D eigenvalue weighted by atomic mass is 16.5. The van der Waals surface area contributed by atoms with Crippen molar-refractivity contribution in [1.82, 2.24) is 10.3 Å². The van der Waals surface area contributed by atoms with Gasteiger partial charge < -0.3 is 19.9 Å². The number of methoxy groups -OCH3 is 1. The Hall–Kier alpha value is -2.60. The van der Waals surface area contributed by atoms with E-state index in [-0.39, 0.29) is 5.91 Å². The van der Waals surface area contributed by atoms with Crippen molar-refractivity contribution in [3.8, 4) is 0 Å². The highest BCUT2D eigenvalue weighted by Crippen LogP contribution is 2.20. The Kier molecular flexibility index (Phi) is 6.44. The maximum atomic E-state index is 12.3. The molecule has 0 aliphatic carbocycles. The molecule has 1 aliphatic heterocycles. The highest BCUT2D eigenvalue weighted by Gasteiger charge is 2.18. The number of anilines is 2. The number of rotatable bonds is 7. The normalized spacial score (nSPS) is 14.3. The fourth-order valence-electron chi connectivity index (χ4n) is 3.11. The van der Waals surface area contributed by atoms with Crippen molar-refractivity contribution in [3.05, 3.63) is 54.4 Å². The number of carbonyl (C=O) groups excluding carboxylic acids is 1. The first-order chi connectivity index (χ1) is 12.8. The SMILES string of the molecule is COCCCNC(=O)c1cncc(N2CCN(c3ccccc3)CC2)c1. The minimum Gasteiger partial charge on any atom is -0.385 e. The van der Waals surface area contributed by atoms with Crippen LogP contribution in [0.1, 0.15) is 16.8 Å². The predicted octanol–water partition coefficient (Wildman–Crippen LogP) is 2.17. The van der Waals surface area contributed by atoms with Crippen LogP contribution < -0.4 is 15.1 Å². The highest BCUT2D eigenvalue weighted by molar-refractivity contribution is 5.94. The molecule has 1 saturated heterocycles. The summed E-state index contributed by atoms with van der Waals surface area (Å²) in [6.07, 6.45) is 4.26. The molecule has 2 heterocycles. The van der Waals surface area contributed by atoms with Crippen LogP contribution in [0.2, 0.25) is 0 Å². The Morgan fingerprint density at radius 1 is 1.08 bits per heavy atom. The van der Waals surface area contributed by atoms with E-state index < -0.39 is 0 Å². The van der Waals surface area contributed by atoms with Gasteiger partial charge in [0.2, 0.25) is 0 Å². The zero-order valence-corrected chi connectivity index (χ0v) is 15.2. The molecule has 1 fully saturated rings. The minimum absolute atomic E-state index is 0.0848. The molecule has 0 bridgehead atoms. The monoisotopic (exact) mass is 354 g/mol. The van der Waals surface area contributed by atoms with Gasteiger partial charge >= 0.3 is 0 Å². The number of benzene rings is 1. The second-order valence-corrected chi connectivity index (χ2v) is 6.34. The number of para-hydroxylation sites is 1. The molecular formula is C20H26N4O2. The van der Waals surface area contributed by atoms with Gasteiger partial charge in [0.05, 0.1) is 17.4 Å². The largest absolute Gasteiger partial charge is 0.385 e. The smallest absolute Gasteiger partial charge is 0.252 e. The standard InChI is InChI=1S/C20H26N4O2/c1-26-13-5-8-22-20(25)17-14-19(16-21-15-17)24-11-9-23(10-12-24)18-6-3-2-4-7-18/h2-4,6-7,14-16H,5,8-13H2,1H3,(H,22,25). The molecule has 0 unspecified atom stereocenters. The van der Waals surface area contributed by atoms with E-state index in [1.807, 2.05) is 18.3 Å². The van der Waals surface area contributed by atoms with Crippen LogP contribution in [-0.4, -0.2) is 57.3 Å². The maximum Gasteiger partial charge on any atom is 0.252 e. The van der Waals surface area contributed by atoms with E-state index in [0.29, 0.717) is 18.7 Å². The van der Waals surface area contributed by atoms with Gasteiger partial charge in [-0.05, 0) is 24.6 Å². The molecule has 1 aromatic heterocycles. The van der Waals surface area contributed by atoms with Crippen LogP contribution in [-0.2, 0) is 4.74 Å². The van der Waals surface area contributed by atoms with Crippen LogP contribution >= 0.6 is 0 Å². The summed E-state index contributed by atoms with van der Waals surface area (Å²) in [7, 11) is 1.66. The van der Waals surface area contributed by atoms with Crippen LogP contribution in [0.25, 0.3) is 0 Å². The van der Waals surface area contributed by atoms with Crippen LogP contribution in [0, 0.1) is 0 Å². The van der Waals surface area contributed by atoms with E-state index in [4.69, 9.17) is 4.74 Å². The summed E-state index contributed by atoms with van der Waals surface area (Å²) in [6, 6.07) is 12.4. The van der Waals surface area contributed by atoms with Gasteiger partial charge in [0.25, 0.3) is 5.91 Å². The van der Waals surface area contributed by atoms with Crippen molar-refractivity contribution >= 4 is 17.3 Å². The number of pyridine rings is 1. The van der Waals surface area contributed by atoms with Crippen LogP contribution in [0.3, 0.4) is 0 Å². The fraction of sp³-hybridized carbons (Fsp3) is 0.400. The number of hydrogen-bond acceptors (Lipinski definition) is 5. The number of hydrogen-bond donors (Lipinski definition) is 1. The second-order valence-electron chi connectivity index (χ2n) is 6.34. The topological polar surface area (TPSA) is 57.7 Å². The Morgan fingerprint density at radius 2 is 1.77 bits per heavy atom. The molecule has 1 aromatic carbocycles. The van der Waals surface area contributed by atoms with Crippen LogP contribution in [0.4, 0.5) is 11.4 Å². The van der Waals surface area contributed by atoms with Gasteiger partial charge in [-0.2, -0.15) is 0 Å².